The van der Waals surface area contributed by atoms with E-state index < -0.39 is 5.41 Å². The first-order chi connectivity index (χ1) is 12.5. The second kappa shape index (κ2) is 8.85. The van der Waals surface area contributed by atoms with Crippen LogP contribution in [-0.4, -0.2) is 49.7 Å². The van der Waals surface area contributed by atoms with Crippen LogP contribution >= 0.6 is 15.9 Å². The van der Waals surface area contributed by atoms with Gasteiger partial charge in [0.25, 0.3) is 0 Å². The van der Waals surface area contributed by atoms with Crippen molar-refractivity contribution in [3.8, 4) is 0 Å². The largest absolute Gasteiger partial charge is 0.381 e. The van der Waals surface area contributed by atoms with Crippen LogP contribution in [0, 0.1) is 5.92 Å². The number of rotatable bonds is 5. The van der Waals surface area contributed by atoms with Crippen molar-refractivity contribution < 1.29 is 9.53 Å². The van der Waals surface area contributed by atoms with Gasteiger partial charge in [0.05, 0.1) is 5.41 Å². The zero-order valence-electron chi connectivity index (χ0n) is 16.0. The van der Waals surface area contributed by atoms with Gasteiger partial charge in [-0.1, -0.05) is 28.1 Å². The summed E-state index contributed by atoms with van der Waals surface area (Å²) < 4.78 is 6.60. The Morgan fingerprint density at radius 3 is 2.65 bits per heavy atom. The number of halogens is 1. The topological polar surface area (TPSA) is 41.6 Å². The molecule has 0 bridgehead atoms. The molecule has 2 aliphatic heterocycles. The smallest absolute Gasteiger partial charge is 0.230 e. The number of carbonyl (C=O) groups excluding carboxylic acids is 1. The molecule has 1 unspecified atom stereocenters. The summed E-state index contributed by atoms with van der Waals surface area (Å²) in [5, 5.41) is 3.30. The molecule has 0 radical (unpaired) electrons. The van der Waals surface area contributed by atoms with Crippen LogP contribution in [0.3, 0.4) is 0 Å². The summed E-state index contributed by atoms with van der Waals surface area (Å²) in [6.07, 6.45) is 3.94. The number of carbonyl (C=O) groups is 1. The molecule has 26 heavy (non-hydrogen) atoms. The number of likely N-dealkylation sites (tertiary alicyclic amines) is 1. The minimum absolute atomic E-state index is 0.171. The lowest BCUT2D eigenvalue weighted by atomic mass is 9.73. The standard InChI is InChI=1S/C21H31BrN2O2/c1-16(2)24-11-3-4-17(15-24)14-23-20(25)21(9-12-26-13-10-21)18-5-7-19(22)8-6-18/h5-8,16-17H,3-4,9-15H2,1-2H3,(H,23,25). The van der Waals surface area contributed by atoms with Crippen molar-refractivity contribution in [3.05, 3.63) is 34.3 Å². The number of amides is 1. The van der Waals surface area contributed by atoms with E-state index in [1.165, 1.54) is 19.4 Å². The predicted molar refractivity (Wildman–Crippen MR) is 108 cm³/mol. The van der Waals surface area contributed by atoms with Gasteiger partial charge in [-0.15, -0.1) is 0 Å². The van der Waals surface area contributed by atoms with E-state index in [9.17, 15) is 4.79 Å². The van der Waals surface area contributed by atoms with Gasteiger partial charge < -0.3 is 15.0 Å². The van der Waals surface area contributed by atoms with Gasteiger partial charge in [-0.05, 0) is 69.7 Å². The van der Waals surface area contributed by atoms with Crippen molar-refractivity contribution in [2.24, 2.45) is 5.92 Å². The number of benzene rings is 1. The number of hydrogen-bond acceptors (Lipinski definition) is 3. The highest BCUT2D eigenvalue weighted by Crippen LogP contribution is 2.36. The van der Waals surface area contributed by atoms with Gasteiger partial charge in [0.2, 0.25) is 5.91 Å². The molecule has 1 amide bonds. The van der Waals surface area contributed by atoms with Gasteiger partial charge >= 0.3 is 0 Å². The first kappa shape index (κ1) is 19.8. The lowest BCUT2D eigenvalue weighted by Crippen LogP contribution is -2.50. The summed E-state index contributed by atoms with van der Waals surface area (Å²) in [6.45, 7) is 8.86. The van der Waals surface area contributed by atoms with Crippen LogP contribution in [0.25, 0.3) is 0 Å². The molecule has 1 N–H and O–H groups in total. The molecule has 2 heterocycles. The highest BCUT2D eigenvalue weighted by atomic mass is 79.9. The van der Waals surface area contributed by atoms with E-state index in [4.69, 9.17) is 4.74 Å². The van der Waals surface area contributed by atoms with E-state index >= 15 is 0 Å². The van der Waals surface area contributed by atoms with Crippen LogP contribution in [0.2, 0.25) is 0 Å². The van der Waals surface area contributed by atoms with Gasteiger partial charge in [-0.25, -0.2) is 0 Å². The Morgan fingerprint density at radius 2 is 2.00 bits per heavy atom. The molecule has 4 nitrogen and oxygen atoms in total. The molecule has 5 heteroatoms. The van der Waals surface area contributed by atoms with Crippen LogP contribution in [0.1, 0.15) is 45.1 Å². The number of hydrogen-bond donors (Lipinski definition) is 1. The normalized spacial score (nSPS) is 23.8. The molecule has 144 valence electrons. The van der Waals surface area contributed by atoms with Crippen LogP contribution in [0.5, 0.6) is 0 Å². The number of nitrogens with one attached hydrogen (secondary N) is 1. The van der Waals surface area contributed by atoms with Crippen molar-refractivity contribution in [2.75, 3.05) is 32.8 Å². The minimum Gasteiger partial charge on any atom is -0.381 e. The molecule has 2 saturated heterocycles. The second-order valence-electron chi connectivity index (χ2n) is 8.01. The molecule has 3 rings (SSSR count). The number of ether oxygens (including phenoxy) is 1. The van der Waals surface area contributed by atoms with E-state index in [0.717, 1.165) is 36.0 Å². The monoisotopic (exact) mass is 422 g/mol. The summed E-state index contributed by atoms with van der Waals surface area (Å²) >= 11 is 3.49. The molecule has 0 saturated carbocycles. The van der Waals surface area contributed by atoms with Crippen molar-refractivity contribution in [1.29, 1.82) is 0 Å². The zero-order valence-corrected chi connectivity index (χ0v) is 17.6. The SMILES string of the molecule is CC(C)N1CCCC(CNC(=O)C2(c3ccc(Br)cc3)CCOCC2)C1. The summed E-state index contributed by atoms with van der Waals surface area (Å²) in [5.74, 6) is 0.724. The molecule has 1 atom stereocenters. The van der Waals surface area contributed by atoms with Gasteiger partial charge in [0, 0.05) is 36.8 Å². The molecular weight excluding hydrogens is 392 g/mol. The number of nitrogens with zero attached hydrogens (tertiary/aromatic N) is 1. The highest BCUT2D eigenvalue weighted by molar-refractivity contribution is 9.10. The molecule has 0 aromatic heterocycles. The first-order valence-corrected chi connectivity index (χ1v) is 10.7. The number of piperidine rings is 1. The van der Waals surface area contributed by atoms with E-state index in [0.29, 0.717) is 25.2 Å². The zero-order chi connectivity index (χ0) is 18.6. The molecule has 1 aromatic rings. The minimum atomic E-state index is -0.453. The van der Waals surface area contributed by atoms with Crippen molar-refractivity contribution in [1.82, 2.24) is 10.2 Å². The quantitative estimate of drug-likeness (QED) is 0.785. The van der Waals surface area contributed by atoms with Crippen molar-refractivity contribution in [3.63, 3.8) is 0 Å². The summed E-state index contributed by atoms with van der Waals surface area (Å²) in [7, 11) is 0. The van der Waals surface area contributed by atoms with Gasteiger partial charge in [-0.2, -0.15) is 0 Å². The fourth-order valence-electron chi connectivity index (χ4n) is 4.27. The molecule has 0 spiro atoms. The van der Waals surface area contributed by atoms with Crippen LogP contribution in [0.15, 0.2) is 28.7 Å². The Morgan fingerprint density at radius 1 is 1.31 bits per heavy atom. The van der Waals surface area contributed by atoms with Crippen molar-refractivity contribution in [2.45, 2.75) is 51.0 Å². The fraction of sp³-hybridized carbons (Fsp3) is 0.667. The predicted octanol–water partition coefficient (Wildman–Crippen LogP) is 3.73. The Balaban J connectivity index is 1.67. The maximum absolute atomic E-state index is 13.3. The maximum Gasteiger partial charge on any atom is 0.230 e. The second-order valence-corrected chi connectivity index (χ2v) is 8.92. The Labute approximate surface area is 165 Å². The first-order valence-electron chi connectivity index (χ1n) is 9.87. The molecule has 2 aliphatic rings. The molecule has 2 fully saturated rings. The third-order valence-corrected chi connectivity index (χ3v) is 6.54. The Hall–Kier alpha value is -0.910. The molecule has 0 aliphatic carbocycles. The van der Waals surface area contributed by atoms with Gasteiger partial charge in [0.1, 0.15) is 0 Å². The lowest BCUT2D eigenvalue weighted by Gasteiger charge is -2.38. The molecule has 1 aromatic carbocycles. The summed E-state index contributed by atoms with van der Waals surface area (Å²) in [5.41, 5.74) is 0.652. The highest BCUT2D eigenvalue weighted by Gasteiger charge is 2.41. The van der Waals surface area contributed by atoms with E-state index in [-0.39, 0.29) is 5.91 Å². The van der Waals surface area contributed by atoms with Gasteiger partial charge in [-0.3, -0.25) is 4.79 Å². The van der Waals surface area contributed by atoms with Crippen LogP contribution in [-0.2, 0) is 14.9 Å². The van der Waals surface area contributed by atoms with Crippen LogP contribution in [0.4, 0.5) is 0 Å². The Kier molecular flexibility index (Phi) is 6.76. The third-order valence-electron chi connectivity index (χ3n) is 6.01. The Bertz CT molecular complexity index is 597. The third kappa shape index (κ3) is 4.49. The average Bonchev–Trinajstić information content (AvgIpc) is 2.67. The fourth-order valence-corrected chi connectivity index (χ4v) is 4.54. The maximum atomic E-state index is 13.3. The summed E-state index contributed by atoms with van der Waals surface area (Å²) in [4.78, 5) is 15.8. The van der Waals surface area contributed by atoms with E-state index in [2.05, 4.69) is 52.1 Å². The van der Waals surface area contributed by atoms with Gasteiger partial charge in [0.15, 0.2) is 0 Å². The van der Waals surface area contributed by atoms with Crippen molar-refractivity contribution >= 4 is 21.8 Å². The van der Waals surface area contributed by atoms with Crippen LogP contribution < -0.4 is 5.32 Å². The lowest BCUT2D eigenvalue weighted by molar-refractivity contribution is -0.130. The van der Waals surface area contributed by atoms with E-state index in [1.54, 1.807) is 0 Å². The average molecular weight is 423 g/mol. The van der Waals surface area contributed by atoms with E-state index in [1.807, 2.05) is 12.1 Å². The summed E-state index contributed by atoms with van der Waals surface area (Å²) in [6, 6.07) is 8.80. The molecular formula is C21H31BrN2O2.